The van der Waals surface area contributed by atoms with Gasteiger partial charge in [0.25, 0.3) is 0 Å². The van der Waals surface area contributed by atoms with Crippen molar-refractivity contribution in [3.8, 4) is 0 Å². The highest BCUT2D eigenvalue weighted by Gasteiger charge is 2.05. The molecule has 0 aliphatic rings. The maximum atomic E-state index is 8.82. The Morgan fingerprint density at radius 2 is 2.06 bits per heavy atom. The summed E-state index contributed by atoms with van der Waals surface area (Å²) in [4.78, 5) is 3.35. The van der Waals surface area contributed by atoms with Crippen LogP contribution in [-0.4, -0.2) is 42.0 Å². The molecule has 18 heavy (non-hydrogen) atoms. The quantitative estimate of drug-likeness (QED) is 0.739. The first-order chi connectivity index (χ1) is 8.67. The SMILES string of the molecule is CCN(CCCO)CCSc1cc(Cl)ccc1Cl. The maximum absolute atomic E-state index is 8.82. The first-order valence-electron chi connectivity index (χ1n) is 6.08. The molecular formula is C13H19Cl2NOS. The Morgan fingerprint density at radius 1 is 1.28 bits per heavy atom. The Labute approximate surface area is 123 Å². The molecule has 0 aliphatic heterocycles. The highest BCUT2D eigenvalue weighted by Crippen LogP contribution is 2.29. The van der Waals surface area contributed by atoms with Gasteiger partial charge in [0, 0.05) is 35.4 Å². The largest absolute Gasteiger partial charge is 0.396 e. The van der Waals surface area contributed by atoms with Gasteiger partial charge in [0.2, 0.25) is 0 Å². The lowest BCUT2D eigenvalue weighted by Crippen LogP contribution is -2.27. The lowest BCUT2D eigenvalue weighted by atomic mass is 10.4. The summed E-state index contributed by atoms with van der Waals surface area (Å²) in [5, 5.41) is 10.3. The average molecular weight is 308 g/mol. The lowest BCUT2D eigenvalue weighted by Gasteiger charge is -2.19. The van der Waals surface area contributed by atoms with Crippen molar-refractivity contribution in [3.05, 3.63) is 28.2 Å². The fourth-order valence-corrected chi connectivity index (χ4v) is 3.10. The van der Waals surface area contributed by atoms with E-state index in [1.54, 1.807) is 17.8 Å². The van der Waals surface area contributed by atoms with Crippen LogP contribution in [0.1, 0.15) is 13.3 Å². The molecule has 1 rings (SSSR count). The molecule has 0 atom stereocenters. The second-order valence-corrected chi connectivity index (χ2v) is 5.92. The summed E-state index contributed by atoms with van der Waals surface area (Å²) < 4.78 is 0. The number of halogens is 2. The minimum absolute atomic E-state index is 0.254. The third-order valence-corrected chi connectivity index (χ3v) is 4.35. The van der Waals surface area contributed by atoms with Gasteiger partial charge in [-0.05, 0) is 31.2 Å². The summed E-state index contributed by atoms with van der Waals surface area (Å²) in [7, 11) is 0. The van der Waals surface area contributed by atoms with Crippen LogP contribution in [0.15, 0.2) is 23.1 Å². The van der Waals surface area contributed by atoms with Crippen LogP contribution in [0.2, 0.25) is 10.0 Å². The lowest BCUT2D eigenvalue weighted by molar-refractivity contribution is 0.237. The van der Waals surface area contributed by atoms with Gasteiger partial charge in [-0.2, -0.15) is 0 Å². The Bertz CT molecular complexity index is 363. The molecule has 1 N–H and O–H groups in total. The molecule has 102 valence electrons. The van der Waals surface area contributed by atoms with Crippen molar-refractivity contribution >= 4 is 35.0 Å². The van der Waals surface area contributed by atoms with E-state index in [0.717, 1.165) is 46.7 Å². The second kappa shape index (κ2) is 9.05. The molecule has 0 bridgehead atoms. The summed E-state index contributed by atoms with van der Waals surface area (Å²) in [5.74, 6) is 0.972. The summed E-state index contributed by atoms with van der Waals surface area (Å²) in [6.07, 6.45) is 0.830. The molecule has 0 saturated carbocycles. The summed E-state index contributed by atoms with van der Waals surface area (Å²) in [6, 6.07) is 5.53. The van der Waals surface area contributed by atoms with Crippen LogP contribution in [0.3, 0.4) is 0 Å². The van der Waals surface area contributed by atoms with Crippen LogP contribution in [0.5, 0.6) is 0 Å². The van der Waals surface area contributed by atoms with E-state index in [2.05, 4.69) is 11.8 Å². The van der Waals surface area contributed by atoms with Gasteiger partial charge in [-0.25, -0.2) is 0 Å². The minimum atomic E-state index is 0.254. The molecule has 0 unspecified atom stereocenters. The number of hydrogen-bond acceptors (Lipinski definition) is 3. The standard InChI is InChI=1S/C13H19Cl2NOS/c1-2-16(6-3-8-17)7-9-18-13-10-11(14)4-5-12(13)15/h4-5,10,17H,2-3,6-9H2,1H3. The predicted octanol–water partition coefficient (Wildman–Crippen LogP) is 3.79. The Hall–Kier alpha value is 0.0700. The number of thioether (sulfide) groups is 1. The number of nitrogens with zero attached hydrogens (tertiary/aromatic N) is 1. The zero-order valence-electron chi connectivity index (χ0n) is 10.5. The van der Waals surface area contributed by atoms with Crippen molar-refractivity contribution in [2.24, 2.45) is 0 Å². The molecule has 1 aromatic carbocycles. The van der Waals surface area contributed by atoms with E-state index in [9.17, 15) is 0 Å². The first-order valence-corrected chi connectivity index (χ1v) is 7.82. The third-order valence-electron chi connectivity index (χ3n) is 2.64. The second-order valence-electron chi connectivity index (χ2n) is 3.93. The molecule has 0 aromatic heterocycles. The smallest absolute Gasteiger partial charge is 0.0542 e. The number of aliphatic hydroxyl groups is 1. The van der Waals surface area contributed by atoms with Crippen LogP contribution < -0.4 is 0 Å². The zero-order valence-corrected chi connectivity index (χ0v) is 12.9. The molecule has 0 spiro atoms. The highest BCUT2D eigenvalue weighted by atomic mass is 35.5. The fourth-order valence-electron chi connectivity index (χ4n) is 1.59. The highest BCUT2D eigenvalue weighted by molar-refractivity contribution is 7.99. The van der Waals surface area contributed by atoms with Crippen molar-refractivity contribution in [2.75, 3.05) is 32.0 Å². The van der Waals surface area contributed by atoms with E-state index in [0.29, 0.717) is 0 Å². The van der Waals surface area contributed by atoms with E-state index in [1.165, 1.54) is 0 Å². The van der Waals surface area contributed by atoms with E-state index < -0.39 is 0 Å². The Kier molecular flexibility index (Phi) is 8.11. The van der Waals surface area contributed by atoms with Crippen molar-refractivity contribution < 1.29 is 5.11 Å². The number of benzene rings is 1. The monoisotopic (exact) mass is 307 g/mol. The molecular weight excluding hydrogens is 289 g/mol. The van der Waals surface area contributed by atoms with Gasteiger partial charge < -0.3 is 10.0 Å². The van der Waals surface area contributed by atoms with E-state index >= 15 is 0 Å². The minimum Gasteiger partial charge on any atom is -0.396 e. The molecule has 5 heteroatoms. The van der Waals surface area contributed by atoms with Crippen molar-refractivity contribution in [1.29, 1.82) is 0 Å². The molecule has 2 nitrogen and oxygen atoms in total. The predicted molar refractivity (Wildman–Crippen MR) is 81.0 cm³/mol. The van der Waals surface area contributed by atoms with Gasteiger partial charge in [0.1, 0.15) is 0 Å². The third kappa shape index (κ3) is 5.81. The van der Waals surface area contributed by atoms with E-state index in [4.69, 9.17) is 28.3 Å². The van der Waals surface area contributed by atoms with Crippen molar-refractivity contribution in [3.63, 3.8) is 0 Å². The van der Waals surface area contributed by atoms with Gasteiger partial charge in [-0.3, -0.25) is 0 Å². The summed E-state index contributed by atoms with van der Waals surface area (Å²) >= 11 is 13.8. The van der Waals surface area contributed by atoms with Crippen LogP contribution in [0.4, 0.5) is 0 Å². The topological polar surface area (TPSA) is 23.5 Å². The van der Waals surface area contributed by atoms with Gasteiger partial charge in [-0.1, -0.05) is 30.1 Å². The molecule has 1 aromatic rings. The molecule has 0 aliphatic carbocycles. The number of hydrogen-bond donors (Lipinski definition) is 1. The van der Waals surface area contributed by atoms with Gasteiger partial charge in [0.05, 0.1) is 5.02 Å². The van der Waals surface area contributed by atoms with Gasteiger partial charge >= 0.3 is 0 Å². The summed E-state index contributed by atoms with van der Waals surface area (Å²) in [5.41, 5.74) is 0. The number of aliphatic hydroxyl groups excluding tert-OH is 1. The van der Waals surface area contributed by atoms with Crippen LogP contribution >= 0.6 is 35.0 Å². The van der Waals surface area contributed by atoms with Gasteiger partial charge in [-0.15, -0.1) is 11.8 Å². The molecule has 0 fully saturated rings. The van der Waals surface area contributed by atoms with Crippen LogP contribution in [-0.2, 0) is 0 Å². The molecule has 0 amide bonds. The van der Waals surface area contributed by atoms with E-state index in [-0.39, 0.29) is 6.61 Å². The number of rotatable bonds is 8. The van der Waals surface area contributed by atoms with Crippen LogP contribution in [0, 0.1) is 0 Å². The average Bonchev–Trinajstić information content (AvgIpc) is 2.37. The Balaban J connectivity index is 2.37. The normalized spacial score (nSPS) is 11.2. The van der Waals surface area contributed by atoms with Crippen LogP contribution in [0.25, 0.3) is 0 Å². The fraction of sp³-hybridized carbons (Fsp3) is 0.538. The summed E-state index contributed by atoms with van der Waals surface area (Å²) in [6.45, 7) is 5.32. The first kappa shape index (κ1) is 16.1. The van der Waals surface area contributed by atoms with Gasteiger partial charge in [0.15, 0.2) is 0 Å². The maximum Gasteiger partial charge on any atom is 0.0542 e. The van der Waals surface area contributed by atoms with Crippen molar-refractivity contribution in [1.82, 2.24) is 4.90 Å². The Morgan fingerprint density at radius 3 is 2.72 bits per heavy atom. The van der Waals surface area contributed by atoms with E-state index in [1.807, 2.05) is 12.1 Å². The molecule has 0 heterocycles. The molecule has 0 saturated heterocycles. The molecule has 0 radical (unpaired) electrons. The zero-order chi connectivity index (χ0) is 13.4. The van der Waals surface area contributed by atoms with Crippen molar-refractivity contribution in [2.45, 2.75) is 18.2 Å².